The van der Waals surface area contributed by atoms with Crippen LogP contribution in [-0.4, -0.2) is 149 Å². The van der Waals surface area contributed by atoms with Crippen molar-refractivity contribution in [2.45, 2.75) is 55.9 Å². The first-order valence-electron chi connectivity index (χ1n) is 13.2. The van der Waals surface area contributed by atoms with Crippen molar-refractivity contribution in [2.24, 2.45) is 10.3 Å². The van der Waals surface area contributed by atoms with Gasteiger partial charge in [-0.3, -0.25) is 33.2 Å². The number of fused-ring (bicyclic) bond motifs is 2. The molecule has 0 aromatic heterocycles. The fraction of sp³-hybridized carbons (Fsp3) is 0.833. The van der Waals surface area contributed by atoms with Gasteiger partial charge in [0.2, 0.25) is 23.6 Å². The zero-order valence-corrected chi connectivity index (χ0v) is 23.7. The van der Waals surface area contributed by atoms with E-state index in [9.17, 15) is 33.6 Å². The van der Waals surface area contributed by atoms with Crippen molar-refractivity contribution in [3.05, 3.63) is 0 Å². The van der Waals surface area contributed by atoms with E-state index >= 15 is 0 Å². The maximum absolute atomic E-state index is 12.8. The van der Waals surface area contributed by atoms with Crippen molar-refractivity contribution in [1.29, 1.82) is 0 Å². The maximum atomic E-state index is 12.8. The van der Waals surface area contributed by atoms with Crippen LogP contribution in [0, 0.1) is 5.92 Å². The van der Waals surface area contributed by atoms with E-state index in [1.54, 1.807) is 6.92 Å². The molecule has 3 N–H and O–H groups in total. The summed E-state index contributed by atoms with van der Waals surface area (Å²) in [5, 5.41) is 24.3. The Hall–Kier alpha value is -2.05. The molecule has 4 aliphatic rings. The molecule has 7 atom stereocenters. The largest absolute Gasteiger partial charge is 0.388 e. The van der Waals surface area contributed by atoms with E-state index in [4.69, 9.17) is 18.9 Å². The monoisotopic (exact) mass is 590 g/mol. The van der Waals surface area contributed by atoms with Gasteiger partial charge in [0.05, 0.1) is 58.6 Å². The van der Waals surface area contributed by atoms with Gasteiger partial charge in [0.1, 0.15) is 23.9 Å². The molecule has 40 heavy (non-hydrogen) atoms. The zero-order chi connectivity index (χ0) is 29.2. The molecule has 15 nitrogen and oxygen atoms in total. The number of carbonyl (C=O) groups is 4. The van der Waals surface area contributed by atoms with E-state index in [0.29, 0.717) is 0 Å². The van der Waals surface area contributed by atoms with Gasteiger partial charge in [-0.25, -0.2) is 4.36 Å². The highest BCUT2D eigenvalue weighted by atomic mass is 32.2. The van der Waals surface area contributed by atoms with Gasteiger partial charge in [-0.1, -0.05) is 6.92 Å². The zero-order valence-electron chi connectivity index (χ0n) is 22.9. The molecule has 0 radical (unpaired) electrons. The molecule has 0 spiro atoms. The summed E-state index contributed by atoms with van der Waals surface area (Å²) in [5.41, 5.74) is -1.36. The van der Waals surface area contributed by atoms with E-state index in [1.165, 1.54) is 17.4 Å². The molecule has 3 unspecified atom stereocenters. The van der Waals surface area contributed by atoms with Crippen LogP contribution in [0.2, 0.25) is 0 Å². The van der Waals surface area contributed by atoms with Gasteiger partial charge in [-0.2, -0.15) is 0 Å². The summed E-state index contributed by atoms with van der Waals surface area (Å²) in [6, 6.07) is -1.87. The summed E-state index contributed by atoms with van der Waals surface area (Å²) in [4.78, 5) is 51.2. The molecule has 0 saturated carbocycles. The molecule has 2 bridgehead atoms. The Labute approximate surface area is 232 Å². The molecular weight excluding hydrogens is 552 g/mol. The molecule has 4 saturated heterocycles. The average Bonchev–Trinajstić information content (AvgIpc) is 3.49. The van der Waals surface area contributed by atoms with Gasteiger partial charge in [-0.15, -0.1) is 0 Å². The first-order chi connectivity index (χ1) is 18.8. The van der Waals surface area contributed by atoms with Crippen molar-refractivity contribution in [3.8, 4) is 0 Å². The predicted octanol–water partition coefficient (Wildman–Crippen LogP) is -2.92. The number of imide groups is 2. The topological polar surface area (TPSA) is 194 Å². The standard InChI is InChI=1S/C24H38N4O11S/c1-14-10-16(29)27(21(14)33)4-6-36-8-9-37-7-5-28-17(30)11-15(22(28)34)25-12-24-13-38-23(39-24)18(19(31)20(24)32)26-40(2,3)35/h14-15,18-20,23,25,31-32H,4-13H2,1-3H3/t14?,15?,18-,19-,20-,23?,24+/m1/s1. The summed E-state index contributed by atoms with van der Waals surface area (Å²) in [6.07, 6.45) is -0.844. The number of aliphatic hydroxyl groups is 2. The van der Waals surface area contributed by atoms with Crippen LogP contribution < -0.4 is 5.32 Å². The van der Waals surface area contributed by atoms with Crippen molar-refractivity contribution in [2.75, 3.05) is 65.2 Å². The molecule has 0 aromatic rings. The third kappa shape index (κ3) is 6.70. The number of ether oxygens (including phenoxy) is 4. The van der Waals surface area contributed by atoms with E-state index < -0.39 is 51.8 Å². The first kappa shape index (κ1) is 30.9. The lowest BCUT2D eigenvalue weighted by Gasteiger charge is -2.41. The Morgan fingerprint density at radius 3 is 2.17 bits per heavy atom. The highest BCUT2D eigenvalue weighted by Crippen LogP contribution is 2.38. The van der Waals surface area contributed by atoms with Crippen molar-refractivity contribution < 1.29 is 52.5 Å². The number of likely N-dealkylation sites (tertiary alicyclic amines) is 2. The molecule has 226 valence electrons. The van der Waals surface area contributed by atoms with Crippen molar-refractivity contribution >= 4 is 33.4 Å². The van der Waals surface area contributed by atoms with Gasteiger partial charge >= 0.3 is 0 Å². The highest BCUT2D eigenvalue weighted by Gasteiger charge is 2.59. The Kier molecular flexibility index (Phi) is 9.61. The number of hydrogen-bond donors (Lipinski definition) is 3. The summed E-state index contributed by atoms with van der Waals surface area (Å²) in [6.45, 7) is 2.53. The lowest BCUT2D eigenvalue weighted by atomic mass is 9.88. The number of aliphatic hydroxyl groups excluding tert-OH is 2. The summed E-state index contributed by atoms with van der Waals surface area (Å²) in [7, 11) is -2.59. The Morgan fingerprint density at radius 1 is 1.00 bits per heavy atom. The Balaban J connectivity index is 1.16. The van der Waals surface area contributed by atoms with Crippen molar-refractivity contribution in [1.82, 2.24) is 15.1 Å². The fourth-order valence-electron chi connectivity index (χ4n) is 5.20. The summed E-state index contributed by atoms with van der Waals surface area (Å²) in [5.74, 6) is -1.50. The quantitative estimate of drug-likeness (QED) is 0.146. The fourth-order valence-corrected chi connectivity index (χ4v) is 6.01. The minimum absolute atomic E-state index is 0.0508. The van der Waals surface area contributed by atoms with Crippen LogP contribution in [0.5, 0.6) is 0 Å². The van der Waals surface area contributed by atoms with E-state index in [2.05, 4.69) is 9.68 Å². The normalized spacial score (nSPS) is 34.4. The number of nitrogens with zero attached hydrogens (tertiary/aromatic N) is 3. The van der Waals surface area contributed by atoms with Crippen LogP contribution in [0.25, 0.3) is 0 Å². The molecule has 0 aromatic carbocycles. The van der Waals surface area contributed by atoms with Crippen LogP contribution in [-0.2, 0) is 47.9 Å². The Morgan fingerprint density at radius 2 is 1.60 bits per heavy atom. The molecule has 4 fully saturated rings. The van der Waals surface area contributed by atoms with Gasteiger partial charge in [0.25, 0.3) is 0 Å². The smallest absolute Gasteiger partial charge is 0.246 e. The SMILES string of the molecule is CC1CC(=O)N(CCOCCOCCN2C(=O)CC(NC[C@@]34COC(O3)[C@H](N=S(C)(C)=O)[C@@H](O)[C@H]4O)C2=O)C1=O. The summed E-state index contributed by atoms with van der Waals surface area (Å²) >= 11 is 0. The predicted molar refractivity (Wildman–Crippen MR) is 137 cm³/mol. The summed E-state index contributed by atoms with van der Waals surface area (Å²) < 4.78 is 38.4. The Bertz CT molecular complexity index is 1120. The number of amides is 4. The van der Waals surface area contributed by atoms with Crippen LogP contribution in [0.1, 0.15) is 19.8 Å². The molecular formula is C24H38N4O11S. The average molecular weight is 591 g/mol. The second-order valence-corrected chi connectivity index (χ2v) is 13.4. The van der Waals surface area contributed by atoms with E-state index in [1.807, 2.05) is 0 Å². The molecule has 4 aliphatic heterocycles. The lowest BCUT2D eigenvalue weighted by molar-refractivity contribution is -0.216. The third-order valence-electron chi connectivity index (χ3n) is 7.36. The van der Waals surface area contributed by atoms with Gasteiger partial charge in [-0.05, 0) is 0 Å². The lowest BCUT2D eigenvalue weighted by Crippen LogP contribution is -2.64. The first-order valence-corrected chi connectivity index (χ1v) is 15.6. The number of hydrogen-bond acceptors (Lipinski definition) is 13. The number of nitrogens with one attached hydrogen (secondary N) is 1. The van der Waals surface area contributed by atoms with Crippen LogP contribution >= 0.6 is 0 Å². The highest BCUT2D eigenvalue weighted by molar-refractivity contribution is 7.92. The van der Waals surface area contributed by atoms with Gasteiger partial charge in [0, 0.05) is 41.1 Å². The second-order valence-electron chi connectivity index (χ2n) is 10.8. The second kappa shape index (κ2) is 12.4. The van der Waals surface area contributed by atoms with E-state index in [-0.39, 0.29) is 89.1 Å². The molecule has 4 amide bonds. The van der Waals surface area contributed by atoms with Gasteiger partial charge < -0.3 is 34.5 Å². The number of rotatable bonds is 13. The molecule has 0 aliphatic carbocycles. The molecule has 4 heterocycles. The van der Waals surface area contributed by atoms with Crippen molar-refractivity contribution in [3.63, 3.8) is 0 Å². The molecule has 16 heteroatoms. The maximum Gasteiger partial charge on any atom is 0.246 e. The van der Waals surface area contributed by atoms with Crippen LogP contribution in [0.3, 0.4) is 0 Å². The third-order valence-corrected chi connectivity index (χ3v) is 8.11. The minimum atomic E-state index is -2.59. The van der Waals surface area contributed by atoms with Crippen LogP contribution in [0.4, 0.5) is 0 Å². The van der Waals surface area contributed by atoms with Crippen LogP contribution in [0.15, 0.2) is 4.36 Å². The molecule has 4 rings (SSSR count). The van der Waals surface area contributed by atoms with Gasteiger partial charge in [0.15, 0.2) is 6.29 Å². The minimum Gasteiger partial charge on any atom is -0.388 e. The number of carbonyl (C=O) groups excluding carboxylic acids is 4. The van der Waals surface area contributed by atoms with E-state index in [0.717, 1.165) is 4.90 Å².